The van der Waals surface area contributed by atoms with Crippen molar-refractivity contribution in [3.63, 3.8) is 0 Å². The number of aryl methyl sites for hydroxylation is 1. The third-order valence-corrected chi connectivity index (χ3v) is 4.19. The van der Waals surface area contributed by atoms with Gasteiger partial charge in [0.15, 0.2) is 5.96 Å². The molecule has 0 aliphatic carbocycles. The van der Waals surface area contributed by atoms with Gasteiger partial charge in [-0.1, -0.05) is 34.1 Å². The summed E-state index contributed by atoms with van der Waals surface area (Å²) in [6.45, 7) is 1.31. The average Bonchev–Trinajstić information content (AvgIpc) is 2.63. The van der Waals surface area contributed by atoms with E-state index in [4.69, 9.17) is 5.26 Å². The van der Waals surface area contributed by atoms with Crippen molar-refractivity contribution in [2.24, 2.45) is 4.99 Å². The van der Waals surface area contributed by atoms with E-state index in [9.17, 15) is 4.39 Å². The summed E-state index contributed by atoms with van der Waals surface area (Å²) in [6.07, 6.45) is 1.47. The van der Waals surface area contributed by atoms with Gasteiger partial charge in [-0.3, -0.25) is 4.99 Å². The highest BCUT2D eigenvalue weighted by Crippen LogP contribution is 2.16. The van der Waals surface area contributed by atoms with Gasteiger partial charge in [0.2, 0.25) is 0 Å². The van der Waals surface area contributed by atoms with Gasteiger partial charge in [0.1, 0.15) is 5.82 Å². The first-order valence-electron chi connectivity index (χ1n) is 8.00. The van der Waals surface area contributed by atoms with Crippen molar-refractivity contribution < 1.29 is 4.39 Å². The zero-order chi connectivity index (χ0) is 18.1. The van der Waals surface area contributed by atoms with Crippen molar-refractivity contribution in [2.45, 2.75) is 19.4 Å². The number of rotatable bonds is 6. The molecule has 0 saturated heterocycles. The van der Waals surface area contributed by atoms with E-state index in [1.807, 2.05) is 18.2 Å². The fourth-order valence-electron chi connectivity index (χ4n) is 2.31. The Labute approximate surface area is 155 Å². The van der Waals surface area contributed by atoms with E-state index in [0.717, 1.165) is 16.5 Å². The first-order valence-corrected chi connectivity index (χ1v) is 8.79. The molecule has 0 spiro atoms. The summed E-state index contributed by atoms with van der Waals surface area (Å²) in [7, 11) is 1.71. The van der Waals surface area contributed by atoms with Crippen LogP contribution in [0.1, 0.15) is 23.1 Å². The van der Waals surface area contributed by atoms with Crippen LogP contribution in [0.15, 0.2) is 51.9 Å². The summed E-state index contributed by atoms with van der Waals surface area (Å²) in [5.41, 5.74) is 2.43. The van der Waals surface area contributed by atoms with Gasteiger partial charge in [0.25, 0.3) is 0 Å². The third kappa shape index (κ3) is 6.20. The molecule has 0 amide bonds. The first-order chi connectivity index (χ1) is 12.1. The molecule has 0 fully saturated rings. The molecule has 0 saturated carbocycles. The van der Waals surface area contributed by atoms with E-state index in [1.165, 1.54) is 6.07 Å². The Balaban J connectivity index is 1.73. The minimum absolute atomic E-state index is 0.183. The van der Waals surface area contributed by atoms with Crippen LogP contribution in [-0.4, -0.2) is 19.6 Å². The molecular formula is C19H20BrFN4. The molecule has 2 rings (SSSR count). The predicted molar refractivity (Wildman–Crippen MR) is 102 cm³/mol. The smallest absolute Gasteiger partial charge is 0.191 e. The number of nitriles is 1. The second-order valence-corrected chi connectivity index (χ2v) is 6.42. The lowest BCUT2D eigenvalue weighted by atomic mass is 10.1. The summed E-state index contributed by atoms with van der Waals surface area (Å²) in [5, 5.41) is 15.2. The number of nitrogens with one attached hydrogen (secondary N) is 2. The van der Waals surface area contributed by atoms with Gasteiger partial charge in [0, 0.05) is 24.6 Å². The van der Waals surface area contributed by atoms with Crippen LogP contribution in [0.3, 0.4) is 0 Å². The van der Waals surface area contributed by atoms with E-state index in [1.54, 1.807) is 25.2 Å². The maximum absolute atomic E-state index is 13.8. The number of halogens is 2. The molecule has 0 aliphatic rings. The Morgan fingerprint density at radius 2 is 1.96 bits per heavy atom. The molecule has 130 valence electrons. The lowest BCUT2D eigenvalue weighted by molar-refractivity contribution is 0.602. The Hall–Kier alpha value is -2.39. The van der Waals surface area contributed by atoms with Crippen LogP contribution >= 0.6 is 15.9 Å². The Bertz CT molecular complexity index is 766. The van der Waals surface area contributed by atoms with E-state index in [-0.39, 0.29) is 5.82 Å². The quantitative estimate of drug-likeness (QED) is 0.439. The van der Waals surface area contributed by atoms with Crippen LogP contribution < -0.4 is 10.6 Å². The number of hydrogen-bond donors (Lipinski definition) is 2. The summed E-state index contributed by atoms with van der Waals surface area (Å²) in [5.74, 6) is 0.512. The fourth-order valence-corrected chi connectivity index (χ4v) is 2.65. The molecule has 2 N–H and O–H groups in total. The van der Waals surface area contributed by atoms with Crippen molar-refractivity contribution in [3.8, 4) is 6.07 Å². The fraction of sp³-hybridized carbons (Fsp3) is 0.263. The summed E-state index contributed by atoms with van der Waals surface area (Å²) < 4.78 is 14.5. The van der Waals surface area contributed by atoms with Crippen LogP contribution in [-0.2, 0) is 13.0 Å². The van der Waals surface area contributed by atoms with Crippen molar-refractivity contribution in [1.82, 2.24) is 10.6 Å². The number of hydrogen-bond acceptors (Lipinski definition) is 2. The molecule has 6 heteroatoms. The molecule has 0 heterocycles. The van der Waals surface area contributed by atoms with Crippen LogP contribution in [0.4, 0.5) is 4.39 Å². The summed E-state index contributed by atoms with van der Waals surface area (Å²) in [6, 6.07) is 14.6. The minimum atomic E-state index is -0.183. The van der Waals surface area contributed by atoms with Gasteiger partial charge in [-0.15, -0.1) is 0 Å². The lowest BCUT2D eigenvalue weighted by Gasteiger charge is -2.12. The normalized spacial score (nSPS) is 11.0. The number of aliphatic imine (C=N–C) groups is 1. The van der Waals surface area contributed by atoms with Gasteiger partial charge in [-0.05, 0) is 48.2 Å². The van der Waals surface area contributed by atoms with Crippen LogP contribution in [0.25, 0.3) is 0 Å². The molecule has 2 aromatic rings. The highest BCUT2D eigenvalue weighted by atomic mass is 79.9. The first kappa shape index (κ1) is 18.9. The maximum atomic E-state index is 13.8. The van der Waals surface area contributed by atoms with E-state index < -0.39 is 0 Å². The molecule has 0 bridgehead atoms. The molecule has 4 nitrogen and oxygen atoms in total. The van der Waals surface area contributed by atoms with Gasteiger partial charge in [-0.25, -0.2) is 4.39 Å². The summed E-state index contributed by atoms with van der Waals surface area (Å²) >= 11 is 3.26. The van der Waals surface area contributed by atoms with Crippen molar-refractivity contribution in [3.05, 3.63) is 69.4 Å². The molecule has 0 aromatic heterocycles. The monoisotopic (exact) mass is 402 g/mol. The molecular weight excluding hydrogens is 383 g/mol. The van der Waals surface area contributed by atoms with Crippen molar-refractivity contribution in [1.29, 1.82) is 5.26 Å². The number of guanidine groups is 1. The van der Waals surface area contributed by atoms with E-state index >= 15 is 0 Å². The van der Waals surface area contributed by atoms with E-state index in [2.05, 4.69) is 37.6 Å². The minimum Gasteiger partial charge on any atom is -0.356 e. The SMILES string of the molecule is CN=C(NCCCc1ccc(Br)cc1F)NCc1ccc(C#N)cc1. The number of benzene rings is 2. The second kappa shape index (κ2) is 9.80. The lowest BCUT2D eigenvalue weighted by Crippen LogP contribution is -2.37. The highest BCUT2D eigenvalue weighted by Gasteiger charge is 2.03. The molecule has 0 radical (unpaired) electrons. The van der Waals surface area contributed by atoms with Crippen LogP contribution in [0, 0.1) is 17.1 Å². The molecule has 2 aromatic carbocycles. The second-order valence-electron chi connectivity index (χ2n) is 5.50. The summed E-state index contributed by atoms with van der Waals surface area (Å²) in [4.78, 5) is 4.17. The predicted octanol–water partition coefficient (Wildman–Crippen LogP) is 3.76. The van der Waals surface area contributed by atoms with Gasteiger partial charge in [0.05, 0.1) is 11.6 Å². The standard InChI is InChI=1S/C19H20BrFN4/c1-23-19(25-13-15-6-4-14(12-22)5-7-15)24-10-2-3-16-8-9-17(20)11-18(16)21/h4-9,11H,2-3,10,13H2,1H3,(H2,23,24,25). The Morgan fingerprint density at radius 3 is 2.60 bits per heavy atom. The largest absolute Gasteiger partial charge is 0.356 e. The van der Waals surface area contributed by atoms with Crippen LogP contribution in [0.2, 0.25) is 0 Å². The maximum Gasteiger partial charge on any atom is 0.191 e. The molecule has 0 aliphatic heterocycles. The Morgan fingerprint density at radius 1 is 1.20 bits per heavy atom. The van der Waals surface area contributed by atoms with Gasteiger partial charge < -0.3 is 10.6 Å². The zero-order valence-corrected chi connectivity index (χ0v) is 15.6. The molecule has 0 atom stereocenters. The van der Waals surface area contributed by atoms with Crippen molar-refractivity contribution >= 4 is 21.9 Å². The topological polar surface area (TPSA) is 60.2 Å². The zero-order valence-electron chi connectivity index (χ0n) is 14.0. The average molecular weight is 403 g/mol. The molecule has 25 heavy (non-hydrogen) atoms. The Kier molecular flexibility index (Phi) is 7.42. The van der Waals surface area contributed by atoms with Gasteiger partial charge in [-0.2, -0.15) is 5.26 Å². The third-order valence-electron chi connectivity index (χ3n) is 3.70. The highest BCUT2D eigenvalue weighted by molar-refractivity contribution is 9.10. The van der Waals surface area contributed by atoms with Gasteiger partial charge >= 0.3 is 0 Å². The molecule has 0 unspecified atom stereocenters. The van der Waals surface area contributed by atoms with Crippen molar-refractivity contribution in [2.75, 3.05) is 13.6 Å². The van der Waals surface area contributed by atoms with E-state index in [0.29, 0.717) is 36.6 Å². The van der Waals surface area contributed by atoms with Crippen LogP contribution in [0.5, 0.6) is 0 Å². The number of nitrogens with zero attached hydrogens (tertiary/aromatic N) is 2.